The fourth-order valence-electron chi connectivity index (χ4n) is 2.68. The van der Waals surface area contributed by atoms with E-state index in [0.717, 1.165) is 25.7 Å². The second-order valence-corrected chi connectivity index (χ2v) is 7.85. The first kappa shape index (κ1) is 15.0. The largest absolute Gasteiger partial charge is 0.311 e. The van der Waals surface area contributed by atoms with Gasteiger partial charge in [0.15, 0.2) is 0 Å². The van der Waals surface area contributed by atoms with Crippen molar-refractivity contribution >= 4 is 9.84 Å². The van der Waals surface area contributed by atoms with Gasteiger partial charge < -0.3 is 5.32 Å². The molecule has 0 aromatic carbocycles. The highest BCUT2D eigenvalue weighted by molar-refractivity contribution is 7.91. The van der Waals surface area contributed by atoms with Crippen LogP contribution >= 0.6 is 0 Å². The van der Waals surface area contributed by atoms with Gasteiger partial charge in [-0.15, -0.1) is 0 Å². The lowest BCUT2D eigenvalue weighted by molar-refractivity contribution is 0.333. The summed E-state index contributed by atoms with van der Waals surface area (Å²) in [6, 6.07) is 0.911. The standard InChI is InChI=1S/C13H27NO2S/c1-4-5-7-11(2)14-12-8-6-9-13(10-12)17(3,15)16/h11-14H,4-10H2,1-3H3. The molecule has 17 heavy (non-hydrogen) atoms. The Hall–Kier alpha value is -0.0900. The Morgan fingerprint density at radius 3 is 2.65 bits per heavy atom. The molecule has 3 atom stereocenters. The number of hydrogen-bond acceptors (Lipinski definition) is 3. The van der Waals surface area contributed by atoms with Crippen LogP contribution in [0.4, 0.5) is 0 Å². The van der Waals surface area contributed by atoms with Crippen molar-refractivity contribution in [1.29, 1.82) is 0 Å². The molecule has 1 aliphatic rings. The van der Waals surface area contributed by atoms with E-state index in [4.69, 9.17) is 0 Å². The van der Waals surface area contributed by atoms with Crippen molar-refractivity contribution in [3.63, 3.8) is 0 Å². The Morgan fingerprint density at radius 2 is 2.06 bits per heavy atom. The molecule has 1 N–H and O–H groups in total. The molecule has 0 amide bonds. The summed E-state index contributed by atoms with van der Waals surface area (Å²) < 4.78 is 23.1. The summed E-state index contributed by atoms with van der Waals surface area (Å²) in [5, 5.41) is 3.47. The summed E-state index contributed by atoms with van der Waals surface area (Å²) in [6.45, 7) is 4.41. The fourth-order valence-corrected chi connectivity index (χ4v) is 3.86. The molecule has 0 saturated heterocycles. The van der Waals surface area contributed by atoms with Crippen LogP contribution in [0.15, 0.2) is 0 Å². The van der Waals surface area contributed by atoms with E-state index in [1.54, 1.807) is 0 Å². The molecule has 0 spiro atoms. The van der Waals surface area contributed by atoms with E-state index in [-0.39, 0.29) is 5.25 Å². The summed E-state index contributed by atoms with van der Waals surface area (Å²) in [6.07, 6.45) is 8.85. The quantitative estimate of drug-likeness (QED) is 0.799. The van der Waals surface area contributed by atoms with Crippen molar-refractivity contribution in [2.24, 2.45) is 0 Å². The van der Waals surface area contributed by atoms with E-state index in [9.17, 15) is 8.42 Å². The Morgan fingerprint density at radius 1 is 1.35 bits per heavy atom. The van der Waals surface area contributed by atoms with Crippen LogP contribution in [0.1, 0.15) is 58.8 Å². The minimum atomic E-state index is -2.85. The molecular weight excluding hydrogens is 234 g/mol. The molecule has 1 saturated carbocycles. The molecule has 0 aromatic rings. The van der Waals surface area contributed by atoms with Crippen molar-refractivity contribution in [2.75, 3.05) is 6.26 Å². The van der Waals surface area contributed by atoms with Gasteiger partial charge in [-0.05, 0) is 32.6 Å². The van der Waals surface area contributed by atoms with Crippen LogP contribution in [0.25, 0.3) is 0 Å². The third kappa shape index (κ3) is 5.38. The Labute approximate surface area is 106 Å². The van der Waals surface area contributed by atoms with Crippen LogP contribution in [-0.4, -0.2) is 32.0 Å². The van der Waals surface area contributed by atoms with Gasteiger partial charge in [0, 0.05) is 18.3 Å². The van der Waals surface area contributed by atoms with Gasteiger partial charge in [0.1, 0.15) is 9.84 Å². The highest BCUT2D eigenvalue weighted by Gasteiger charge is 2.29. The van der Waals surface area contributed by atoms with Gasteiger partial charge in [-0.3, -0.25) is 0 Å². The van der Waals surface area contributed by atoms with Crippen LogP contribution < -0.4 is 5.32 Å². The van der Waals surface area contributed by atoms with Crippen LogP contribution in [0, 0.1) is 0 Å². The van der Waals surface area contributed by atoms with Crippen molar-refractivity contribution in [3.05, 3.63) is 0 Å². The van der Waals surface area contributed by atoms with E-state index in [1.165, 1.54) is 25.5 Å². The molecule has 0 aliphatic heterocycles. The van der Waals surface area contributed by atoms with Gasteiger partial charge in [0.05, 0.1) is 5.25 Å². The van der Waals surface area contributed by atoms with Crippen LogP contribution in [0.5, 0.6) is 0 Å². The van der Waals surface area contributed by atoms with Gasteiger partial charge >= 0.3 is 0 Å². The van der Waals surface area contributed by atoms with E-state index in [0.29, 0.717) is 12.1 Å². The molecule has 1 fully saturated rings. The molecule has 0 heterocycles. The Balaban J connectivity index is 2.39. The van der Waals surface area contributed by atoms with Crippen LogP contribution in [0.3, 0.4) is 0 Å². The highest BCUT2D eigenvalue weighted by atomic mass is 32.2. The first-order valence-electron chi connectivity index (χ1n) is 6.88. The van der Waals surface area contributed by atoms with Crippen molar-refractivity contribution in [2.45, 2.75) is 76.1 Å². The molecule has 3 nitrogen and oxygen atoms in total. The molecule has 1 rings (SSSR count). The van der Waals surface area contributed by atoms with E-state index < -0.39 is 9.84 Å². The normalized spacial score (nSPS) is 27.9. The summed E-state index contributed by atoms with van der Waals surface area (Å²) in [5.41, 5.74) is 0. The predicted molar refractivity (Wildman–Crippen MR) is 73.0 cm³/mol. The lowest BCUT2D eigenvalue weighted by Gasteiger charge is -2.31. The number of unbranched alkanes of at least 4 members (excludes halogenated alkanes) is 1. The lowest BCUT2D eigenvalue weighted by Crippen LogP contribution is -2.42. The molecule has 3 unspecified atom stereocenters. The maximum atomic E-state index is 11.6. The fraction of sp³-hybridized carbons (Fsp3) is 1.00. The van der Waals surface area contributed by atoms with Gasteiger partial charge in [0.2, 0.25) is 0 Å². The van der Waals surface area contributed by atoms with Crippen molar-refractivity contribution < 1.29 is 8.42 Å². The van der Waals surface area contributed by atoms with Crippen molar-refractivity contribution in [1.82, 2.24) is 5.32 Å². The number of nitrogens with one attached hydrogen (secondary N) is 1. The molecule has 4 heteroatoms. The predicted octanol–water partition coefficient (Wildman–Crippen LogP) is 2.51. The Bertz CT molecular complexity index is 313. The van der Waals surface area contributed by atoms with Crippen LogP contribution in [0.2, 0.25) is 0 Å². The zero-order valence-corrected chi connectivity index (χ0v) is 12.2. The second-order valence-electron chi connectivity index (χ2n) is 5.53. The third-order valence-electron chi connectivity index (χ3n) is 3.74. The summed E-state index contributed by atoms with van der Waals surface area (Å²) >= 11 is 0. The van der Waals surface area contributed by atoms with Gasteiger partial charge in [0.25, 0.3) is 0 Å². The second kappa shape index (κ2) is 6.74. The lowest BCUT2D eigenvalue weighted by atomic mass is 9.94. The minimum absolute atomic E-state index is 0.118. The third-order valence-corrected chi connectivity index (χ3v) is 5.38. The summed E-state index contributed by atoms with van der Waals surface area (Å²) in [5.74, 6) is 0. The average molecular weight is 261 g/mol. The zero-order valence-electron chi connectivity index (χ0n) is 11.4. The smallest absolute Gasteiger partial charge is 0.150 e. The monoisotopic (exact) mass is 261 g/mol. The number of hydrogen-bond donors (Lipinski definition) is 1. The van der Waals surface area contributed by atoms with E-state index >= 15 is 0 Å². The highest BCUT2D eigenvalue weighted by Crippen LogP contribution is 2.24. The topological polar surface area (TPSA) is 46.2 Å². The Kier molecular flexibility index (Phi) is 5.93. The minimum Gasteiger partial charge on any atom is -0.311 e. The van der Waals surface area contributed by atoms with Gasteiger partial charge in [-0.2, -0.15) is 0 Å². The van der Waals surface area contributed by atoms with Crippen molar-refractivity contribution in [3.8, 4) is 0 Å². The number of rotatable bonds is 6. The number of sulfone groups is 1. The zero-order chi connectivity index (χ0) is 12.9. The maximum absolute atomic E-state index is 11.6. The molecular formula is C13H27NO2S. The average Bonchev–Trinajstić information content (AvgIpc) is 2.25. The molecule has 1 aliphatic carbocycles. The van der Waals surface area contributed by atoms with Crippen LogP contribution in [-0.2, 0) is 9.84 Å². The van der Waals surface area contributed by atoms with Gasteiger partial charge in [-0.1, -0.05) is 26.2 Å². The molecule has 102 valence electrons. The summed E-state index contributed by atoms with van der Waals surface area (Å²) in [4.78, 5) is 0. The maximum Gasteiger partial charge on any atom is 0.150 e. The van der Waals surface area contributed by atoms with E-state index in [2.05, 4.69) is 19.2 Å². The molecule has 0 aromatic heterocycles. The first-order chi connectivity index (χ1) is 7.93. The molecule has 0 radical (unpaired) electrons. The SMILES string of the molecule is CCCCC(C)NC1CCCC(S(C)(=O)=O)C1. The van der Waals surface area contributed by atoms with E-state index in [1.807, 2.05) is 0 Å². The first-order valence-corrected chi connectivity index (χ1v) is 8.83. The molecule has 0 bridgehead atoms. The summed E-state index contributed by atoms with van der Waals surface area (Å²) in [7, 11) is -2.85. The van der Waals surface area contributed by atoms with Gasteiger partial charge in [-0.25, -0.2) is 8.42 Å².